The summed E-state index contributed by atoms with van der Waals surface area (Å²) in [5.41, 5.74) is 2.47. The van der Waals surface area contributed by atoms with Gasteiger partial charge in [0.1, 0.15) is 0 Å². The molecule has 1 aromatic rings. The number of amides is 2. The van der Waals surface area contributed by atoms with Crippen LogP contribution in [0.3, 0.4) is 0 Å². The number of urea groups is 1. The van der Waals surface area contributed by atoms with Crippen molar-refractivity contribution in [2.75, 3.05) is 19.7 Å². The van der Waals surface area contributed by atoms with Crippen LogP contribution >= 0.6 is 0 Å². The van der Waals surface area contributed by atoms with Crippen molar-refractivity contribution in [3.05, 3.63) is 35.4 Å². The van der Waals surface area contributed by atoms with Gasteiger partial charge in [-0.25, -0.2) is 4.79 Å². The zero-order valence-electron chi connectivity index (χ0n) is 11.8. The molecule has 1 rings (SSSR count). The Labute approximate surface area is 115 Å². The number of hydrogen-bond acceptors (Lipinski definition) is 2. The van der Waals surface area contributed by atoms with Crippen LogP contribution in [-0.2, 0) is 6.42 Å². The van der Waals surface area contributed by atoms with Crippen molar-refractivity contribution in [2.24, 2.45) is 5.92 Å². The molecule has 3 N–H and O–H groups in total. The van der Waals surface area contributed by atoms with Crippen molar-refractivity contribution in [3.63, 3.8) is 0 Å². The molecule has 106 valence electrons. The van der Waals surface area contributed by atoms with Gasteiger partial charge < -0.3 is 15.7 Å². The summed E-state index contributed by atoms with van der Waals surface area (Å²) in [4.78, 5) is 11.5. The molecule has 0 aliphatic rings. The van der Waals surface area contributed by atoms with Gasteiger partial charge in [0.2, 0.25) is 0 Å². The second-order valence-corrected chi connectivity index (χ2v) is 4.99. The number of aryl methyl sites for hydroxylation is 1. The van der Waals surface area contributed by atoms with E-state index < -0.39 is 0 Å². The van der Waals surface area contributed by atoms with Gasteiger partial charge in [-0.05, 0) is 31.2 Å². The molecule has 1 atom stereocenters. The first kappa shape index (κ1) is 15.5. The largest absolute Gasteiger partial charge is 0.396 e. The standard InChI is InChI=1S/C15H24N2O2/c1-12-4-3-5-14(10-12)6-8-16-15(19)17-11-13(2)7-9-18/h3-5,10,13,18H,6-9,11H2,1-2H3,(H2,16,17,19). The zero-order chi connectivity index (χ0) is 14.1. The SMILES string of the molecule is Cc1cccc(CCNC(=O)NCC(C)CCO)c1. The van der Waals surface area contributed by atoms with Gasteiger partial charge in [0, 0.05) is 19.7 Å². The summed E-state index contributed by atoms with van der Waals surface area (Å²) >= 11 is 0. The average molecular weight is 264 g/mol. The number of aliphatic hydroxyl groups excluding tert-OH is 1. The molecule has 0 aromatic heterocycles. The van der Waals surface area contributed by atoms with E-state index >= 15 is 0 Å². The van der Waals surface area contributed by atoms with E-state index in [0.29, 0.717) is 25.4 Å². The predicted molar refractivity (Wildman–Crippen MR) is 77.2 cm³/mol. The van der Waals surface area contributed by atoms with E-state index in [9.17, 15) is 4.79 Å². The number of benzene rings is 1. The van der Waals surface area contributed by atoms with E-state index in [1.807, 2.05) is 13.0 Å². The third-order valence-corrected chi connectivity index (χ3v) is 3.01. The second-order valence-electron chi connectivity index (χ2n) is 4.99. The minimum absolute atomic E-state index is 0.141. The highest BCUT2D eigenvalue weighted by atomic mass is 16.3. The first-order chi connectivity index (χ1) is 9.11. The summed E-state index contributed by atoms with van der Waals surface area (Å²) < 4.78 is 0. The molecule has 0 bridgehead atoms. The van der Waals surface area contributed by atoms with E-state index in [1.165, 1.54) is 11.1 Å². The normalized spacial score (nSPS) is 11.9. The van der Waals surface area contributed by atoms with E-state index in [1.54, 1.807) is 0 Å². The Hall–Kier alpha value is -1.55. The van der Waals surface area contributed by atoms with E-state index in [2.05, 4.69) is 35.8 Å². The average Bonchev–Trinajstić information content (AvgIpc) is 2.37. The molecular weight excluding hydrogens is 240 g/mol. The monoisotopic (exact) mass is 264 g/mol. The maximum atomic E-state index is 11.5. The number of aliphatic hydroxyl groups is 1. The fraction of sp³-hybridized carbons (Fsp3) is 0.533. The molecule has 0 heterocycles. The highest BCUT2D eigenvalue weighted by Crippen LogP contribution is 2.03. The quantitative estimate of drug-likeness (QED) is 0.704. The predicted octanol–water partition coefficient (Wildman–Crippen LogP) is 1.86. The van der Waals surface area contributed by atoms with Crippen LogP contribution in [0.1, 0.15) is 24.5 Å². The lowest BCUT2D eigenvalue weighted by molar-refractivity contribution is 0.234. The molecule has 0 radical (unpaired) electrons. The summed E-state index contributed by atoms with van der Waals surface area (Å²) in [6.45, 7) is 5.45. The number of carbonyl (C=O) groups excluding carboxylic acids is 1. The fourth-order valence-electron chi connectivity index (χ4n) is 1.84. The van der Waals surface area contributed by atoms with Gasteiger partial charge >= 0.3 is 6.03 Å². The van der Waals surface area contributed by atoms with Crippen LogP contribution in [0, 0.1) is 12.8 Å². The molecule has 0 fully saturated rings. The lowest BCUT2D eigenvalue weighted by atomic mass is 10.1. The fourth-order valence-corrected chi connectivity index (χ4v) is 1.84. The number of carbonyl (C=O) groups is 1. The molecule has 2 amide bonds. The number of nitrogens with one attached hydrogen (secondary N) is 2. The minimum Gasteiger partial charge on any atom is -0.396 e. The summed E-state index contributed by atoms with van der Waals surface area (Å²) in [6.07, 6.45) is 1.55. The lowest BCUT2D eigenvalue weighted by Crippen LogP contribution is -2.38. The number of rotatable bonds is 7. The molecule has 4 heteroatoms. The third-order valence-electron chi connectivity index (χ3n) is 3.01. The van der Waals surface area contributed by atoms with Gasteiger partial charge in [0.15, 0.2) is 0 Å². The van der Waals surface area contributed by atoms with Crippen molar-refractivity contribution < 1.29 is 9.90 Å². The van der Waals surface area contributed by atoms with Crippen LogP contribution in [0.15, 0.2) is 24.3 Å². The molecule has 0 aliphatic heterocycles. The van der Waals surface area contributed by atoms with Gasteiger partial charge in [-0.15, -0.1) is 0 Å². The topological polar surface area (TPSA) is 61.4 Å². The molecule has 4 nitrogen and oxygen atoms in total. The van der Waals surface area contributed by atoms with E-state index in [4.69, 9.17) is 5.11 Å². The summed E-state index contributed by atoms with van der Waals surface area (Å²) in [5, 5.41) is 14.4. The Bertz CT molecular complexity index is 393. The highest BCUT2D eigenvalue weighted by Gasteiger charge is 2.04. The summed E-state index contributed by atoms with van der Waals surface area (Å²) in [5.74, 6) is 0.299. The lowest BCUT2D eigenvalue weighted by Gasteiger charge is -2.12. The first-order valence-electron chi connectivity index (χ1n) is 6.80. The van der Waals surface area contributed by atoms with E-state index in [0.717, 1.165) is 6.42 Å². The number of hydrogen-bond donors (Lipinski definition) is 3. The third kappa shape index (κ3) is 6.82. The summed E-state index contributed by atoms with van der Waals surface area (Å²) in [7, 11) is 0. The molecule has 0 spiro atoms. The van der Waals surface area contributed by atoms with Crippen LogP contribution < -0.4 is 10.6 Å². The molecule has 0 aliphatic carbocycles. The molecule has 19 heavy (non-hydrogen) atoms. The maximum absolute atomic E-state index is 11.5. The Balaban J connectivity index is 2.17. The van der Waals surface area contributed by atoms with Crippen LogP contribution in [0.4, 0.5) is 4.79 Å². The Morgan fingerprint density at radius 2 is 2.16 bits per heavy atom. The Morgan fingerprint density at radius 3 is 2.84 bits per heavy atom. The van der Waals surface area contributed by atoms with Crippen LogP contribution in [-0.4, -0.2) is 30.8 Å². The van der Waals surface area contributed by atoms with E-state index in [-0.39, 0.29) is 12.6 Å². The molecule has 0 saturated carbocycles. The van der Waals surface area contributed by atoms with Crippen molar-refractivity contribution in [2.45, 2.75) is 26.7 Å². The van der Waals surface area contributed by atoms with Crippen molar-refractivity contribution in [1.29, 1.82) is 0 Å². The molecule has 0 saturated heterocycles. The van der Waals surface area contributed by atoms with Crippen LogP contribution in [0.25, 0.3) is 0 Å². The van der Waals surface area contributed by atoms with Crippen LogP contribution in [0.2, 0.25) is 0 Å². The maximum Gasteiger partial charge on any atom is 0.314 e. The van der Waals surface area contributed by atoms with Crippen LogP contribution in [0.5, 0.6) is 0 Å². The van der Waals surface area contributed by atoms with Gasteiger partial charge in [-0.3, -0.25) is 0 Å². The molecule has 1 aromatic carbocycles. The molecular formula is C15H24N2O2. The van der Waals surface area contributed by atoms with Gasteiger partial charge in [0.25, 0.3) is 0 Å². The van der Waals surface area contributed by atoms with Crippen molar-refractivity contribution >= 4 is 6.03 Å². The second kappa shape index (κ2) is 8.53. The molecule has 1 unspecified atom stereocenters. The Kier molecular flexibility index (Phi) is 6.97. The van der Waals surface area contributed by atoms with Gasteiger partial charge in [-0.1, -0.05) is 36.8 Å². The van der Waals surface area contributed by atoms with Crippen molar-refractivity contribution in [1.82, 2.24) is 10.6 Å². The van der Waals surface area contributed by atoms with Gasteiger partial charge in [0.05, 0.1) is 0 Å². The Morgan fingerprint density at radius 1 is 1.37 bits per heavy atom. The zero-order valence-corrected chi connectivity index (χ0v) is 11.8. The summed E-state index contributed by atoms with van der Waals surface area (Å²) in [6, 6.07) is 8.14. The van der Waals surface area contributed by atoms with Crippen molar-refractivity contribution in [3.8, 4) is 0 Å². The van der Waals surface area contributed by atoms with Gasteiger partial charge in [-0.2, -0.15) is 0 Å². The smallest absolute Gasteiger partial charge is 0.314 e. The minimum atomic E-state index is -0.141. The highest BCUT2D eigenvalue weighted by molar-refractivity contribution is 5.73. The first-order valence-corrected chi connectivity index (χ1v) is 6.80.